The second kappa shape index (κ2) is 6.69. The third-order valence-corrected chi connectivity index (χ3v) is 2.17. The molecule has 0 saturated carbocycles. The highest BCUT2D eigenvalue weighted by Gasteiger charge is 2.03. The lowest BCUT2D eigenvalue weighted by Crippen LogP contribution is -2.30. The quantitative estimate of drug-likeness (QED) is 0.712. The second-order valence-electron chi connectivity index (χ2n) is 3.84. The Morgan fingerprint density at radius 2 is 2.00 bits per heavy atom. The van der Waals surface area contributed by atoms with E-state index in [2.05, 4.69) is 11.8 Å². The topological polar surface area (TPSA) is 72.3 Å². The van der Waals surface area contributed by atoms with Crippen LogP contribution in [0.25, 0.3) is 0 Å². The van der Waals surface area contributed by atoms with E-state index in [-0.39, 0.29) is 12.5 Å². The van der Waals surface area contributed by atoms with Crippen LogP contribution in [0.4, 0.5) is 0 Å². The zero-order valence-corrected chi connectivity index (χ0v) is 9.94. The molecule has 0 heterocycles. The largest absolute Gasteiger partial charge is 0.369 e. The number of rotatable bonds is 4. The Labute approximate surface area is 102 Å². The molecule has 1 amide bonds. The molecule has 0 fully saturated rings. The average molecular weight is 231 g/mol. The first-order valence-corrected chi connectivity index (χ1v) is 5.36. The fourth-order valence-electron chi connectivity index (χ4n) is 1.48. The first-order chi connectivity index (χ1) is 8.11. The lowest BCUT2D eigenvalue weighted by Gasteiger charge is -2.14. The number of amides is 1. The van der Waals surface area contributed by atoms with Crippen LogP contribution < -0.4 is 11.5 Å². The summed E-state index contributed by atoms with van der Waals surface area (Å²) in [6.45, 7) is 1.31. The Kier molecular flexibility index (Phi) is 5.21. The molecule has 0 atom stereocenters. The summed E-state index contributed by atoms with van der Waals surface area (Å²) >= 11 is 0. The molecule has 1 aromatic rings. The third-order valence-electron chi connectivity index (χ3n) is 2.17. The van der Waals surface area contributed by atoms with Gasteiger partial charge in [-0.25, -0.2) is 0 Å². The fourth-order valence-corrected chi connectivity index (χ4v) is 1.48. The number of benzene rings is 1. The molecular formula is C13H17N3O. The summed E-state index contributed by atoms with van der Waals surface area (Å²) in [6.07, 6.45) is 0. The average Bonchev–Trinajstić information content (AvgIpc) is 2.27. The number of likely N-dealkylation sites (N-methyl/N-ethyl adjacent to an activating group) is 1. The monoisotopic (exact) mass is 231 g/mol. The van der Waals surface area contributed by atoms with Crippen molar-refractivity contribution in [2.24, 2.45) is 11.5 Å². The van der Waals surface area contributed by atoms with Gasteiger partial charge in [0, 0.05) is 12.1 Å². The molecule has 0 aliphatic heterocycles. The summed E-state index contributed by atoms with van der Waals surface area (Å²) in [5.74, 6) is 5.43. The van der Waals surface area contributed by atoms with Gasteiger partial charge in [-0.15, -0.1) is 0 Å². The van der Waals surface area contributed by atoms with E-state index in [9.17, 15) is 4.79 Å². The van der Waals surface area contributed by atoms with Crippen LogP contribution in [0.5, 0.6) is 0 Å². The number of primary amides is 1. The maximum absolute atomic E-state index is 10.7. The molecule has 4 nitrogen and oxygen atoms in total. The normalized spacial score (nSPS) is 9.82. The molecule has 0 aliphatic carbocycles. The predicted molar refractivity (Wildman–Crippen MR) is 67.9 cm³/mol. The van der Waals surface area contributed by atoms with E-state index in [4.69, 9.17) is 11.5 Å². The molecule has 4 N–H and O–H groups in total. The molecule has 17 heavy (non-hydrogen) atoms. The molecular weight excluding hydrogens is 214 g/mol. The van der Waals surface area contributed by atoms with E-state index in [1.807, 2.05) is 36.2 Å². The number of carbonyl (C=O) groups excluding carboxylic acids is 1. The first kappa shape index (κ1) is 13.2. The number of nitrogens with two attached hydrogens (primary N) is 2. The van der Waals surface area contributed by atoms with Gasteiger partial charge in [0.1, 0.15) is 0 Å². The molecule has 0 aliphatic rings. The van der Waals surface area contributed by atoms with Crippen LogP contribution in [0.1, 0.15) is 11.1 Å². The van der Waals surface area contributed by atoms with E-state index in [0.717, 1.165) is 11.1 Å². The van der Waals surface area contributed by atoms with Gasteiger partial charge < -0.3 is 11.5 Å². The highest BCUT2D eigenvalue weighted by Crippen LogP contribution is 2.05. The Bertz CT molecular complexity index is 428. The first-order valence-electron chi connectivity index (χ1n) is 5.36. The number of hydrogen-bond acceptors (Lipinski definition) is 3. The van der Waals surface area contributed by atoms with Crippen LogP contribution in [0.2, 0.25) is 0 Å². The van der Waals surface area contributed by atoms with Crippen LogP contribution in [-0.4, -0.2) is 30.9 Å². The van der Waals surface area contributed by atoms with Crippen molar-refractivity contribution in [1.82, 2.24) is 4.90 Å². The maximum atomic E-state index is 10.7. The van der Waals surface area contributed by atoms with Crippen LogP contribution in [0.3, 0.4) is 0 Å². The van der Waals surface area contributed by atoms with E-state index < -0.39 is 0 Å². The molecule has 0 saturated heterocycles. The van der Waals surface area contributed by atoms with Gasteiger partial charge in [-0.05, 0) is 24.7 Å². The number of hydrogen-bond donors (Lipinski definition) is 2. The summed E-state index contributed by atoms with van der Waals surface area (Å²) in [5, 5.41) is 0. The highest BCUT2D eigenvalue weighted by molar-refractivity contribution is 5.75. The molecule has 0 aromatic heterocycles. The van der Waals surface area contributed by atoms with Crippen LogP contribution in [-0.2, 0) is 11.3 Å². The van der Waals surface area contributed by atoms with Crippen LogP contribution >= 0.6 is 0 Å². The summed E-state index contributed by atoms with van der Waals surface area (Å²) in [7, 11) is 1.85. The van der Waals surface area contributed by atoms with E-state index in [1.54, 1.807) is 0 Å². The van der Waals surface area contributed by atoms with Gasteiger partial charge in [0.15, 0.2) is 0 Å². The summed E-state index contributed by atoms with van der Waals surface area (Å²) < 4.78 is 0. The molecule has 1 rings (SSSR count). The minimum Gasteiger partial charge on any atom is -0.369 e. The molecule has 0 bridgehead atoms. The minimum absolute atomic E-state index is 0.259. The Hall–Kier alpha value is -1.83. The van der Waals surface area contributed by atoms with Crippen molar-refractivity contribution in [2.45, 2.75) is 6.54 Å². The van der Waals surface area contributed by atoms with Crippen molar-refractivity contribution in [2.75, 3.05) is 20.1 Å². The molecule has 1 aromatic carbocycles. The van der Waals surface area contributed by atoms with Gasteiger partial charge in [-0.2, -0.15) is 0 Å². The SMILES string of the molecule is CN(CC(N)=O)Cc1ccc(C#CCN)cc1. The van der Waals surface area contributed by atoms with Gasteiger partial charge in [0.05, 0.1) is 13.1 Å². The Morgan fingerprint density at radius 3 is 2.53 bits per heavy atom. The molecule has 0 unspecified atom stereocenters. The third kappa shape index (κ3) is 5.16. The van der Waals surface area contributed by atoms with Gasteiger partial charge in [-0.3, -0.25) is 9.69 Å². The van der Waals surface area contributed by atoms with Gasteiger partial charge in [-0.1, -0.05) is 24.0 Å². The molecule has 0 radical (unpaired) electrons. The summed E-state index contributed by atoms with van der Waals surface area (Å²) in [5.41, 5.74) is 12.5. The van der Waals surface area contributed by atoms with Crippen molar-refractivity contribution in [3.63, 3.8) is 0 Å². The van der Waals surface area contributed by atoms with E-state index >= 15 is 0 Å². The van der Waals surface area contributed by atoms with Crippen LogP contribution in [0, 0.1) is 11.8 Å². The van der Waals surface area contributed by atoms with E-state index in [1.165, 1.54) is 0 Å². The van der Waals surface area contributed by atoms with Crippen molar-refractivity contribution < 1.29 is 4.79 Å². The zero-order valence-electron chi connectivity index (χ0n) is 9.94. The van der Waals surface area contributed by atoms with Crippen molar-refractivity contribution in [3.05, 3.63) is 35.4 Å². The minimum atomic E-state index is -0.321. The second-order valence-corrected chi connectivity index (χ2v) is 3.84. The van der Waals surface area contributed by atoms with Crippen molar-refractivity contribution in [3.8, 4) is 11.8 Å². The lowest BCUT2D eigenvalue weighted by molar-refractivity contribution is -0.118. The van der Waals surface area contributed by atoms with Crippen molar-refractivity contribution >= 4 is 5.91 Å². The van der Waals surface area contributed by atoms with Crippen molar-refractivity contribution in [1.29, 1.82) is 0 Å². The zero-order chi connectivity index (χ0) is 12.7. The van der Waals surface area contributed by atoms with Gasteiger partial charge in [0.2, 0.25) is 5.91 Å². The Morgan fingerprint density at radius 1 is 1.35 bits per heavy atom. The predicted octanol–water partition coefficient (Wildman–Crippen LogP) is -0.0861. The smallest absolute Gasteiger partial charge is 0.231 e. The van der Waals surface area contributed by atoms with E-state index in [0.29, 0.717) is 13.1 Å². The maximum Gasteiger partial charge on any atom is 0.231 e. The van der Waals surface area contributed by atoms with Gasteiger partial charge in [0.25, 0.3) is 0 Å². The standard InChI is InChI=1S/C13H17N3O/c1-16(10-13(15)17)9-12-6-4-11(5-7-12)3-2-8-14/h4-7H,8-10,14H2,1H3,(H2,15,17). The van der Waals surface area contributed by atoms with Crippen LogP contribution in [0.15, 0.2) is 24.3 Å². The lowest BCUT2D eigenvalue weighted by atomic mass is 10.1. The molecule has 0 spiro atoms. The van der Waals surface area contributed by atoms with Gasteiger partial charge >= 0.3 is 0 Å². The number of carbonyl (C=O) groups is 1. The number of nitrogens with zero attached hydrogens (tertiary/aromatic N) is 1. The Balaban J connectivity index is 2.59. The molecule has 90 valence electrons. The fraction of sp³-hybridized carbons (Fsp3) is 0.308. The highest BCUT2D eigenvalue weighted by atomic mass is 16.1. The molecule has 4 heteroatoms. The summed E-state index contributed by atoms with van der Waals surface area (Å²) in [6, 6.07) is 7.85. The summed E-state index contributed by atoms with van der Waals surface area (Å²) in [4.78, 5) is 12.6.